The summed E-state index contributed by atoms with van der Waals surface area (Å²) < 4.78 is 0. The minimum atomic E-state index is -0.788. The summed E-state index contributed by atoms with van der Waals surface area (Å²) in [5.74, 6) is -1.27. The van der Waals surface area contributed by atoms with E-state index >= 15 is 0 Å². The Morgan fingerprint density at radius 3 is 2.13 bits per heavy atom. The van der Waals surface area contributed by atoms with Crippen molar-refractivity contribution in [1.82, 2.24) is 4.98 Å². The molecule has 0 bridgehead atoms. The van der Waals surface area contributed by atoms with Crippen LogP contribution < -0.4 is 0 Å². The predicted molar refractivity (Wildman–Crippen MR) is 61.3 cm³/mol. The molecule has 1 N–H and O–H groups in total. The third-order valence-electron chi connectivity index (χ3n) is 2.15. The number of rotatable bonds is 2. The number of halogens is 1. The molecular formula is C11H16ClNO2. The Balaban J connectivity index is 0.00000196. The molecule has 1 heterocycles. The van der Waals surface area contributed by atoms with Crippen LogP contribution in [0.2, 0.25) is 0 Å². The Morgan fingerprint density at radius 1 is 1.33 bits per heavy atom. The summed E-state index contributed by atoms with van der Waals surface area (Å²) in [5, 5.41) is 9.14. The highest BCUT2D eigenvalue weighted by Gasteiger charge is 2.32. The lowest BCUT2D eigenvalue weighted by atomic mass is 9.77. The number of hydrogen-bond donors (Lipinski definition) is 1. The Kier molecular flexibility index (Phi) is 4.75. The van der Waals surface area contributed by atoms with Crippen LogP contribution >= 0.6 is 12.4 Å². The van der Waals surface area contributed by atoms with Crippen LogP contribution in [0, 0.1) is 5.41 Å². The second kappa shape index (κ2) is 5.12. The topological polar surface area (TPSA) is 50.2 Å². The van der Waals surface area contributed by atoms with Crippen molar-refractivity contribution in [1.29, 1.82) is 0 Å². The molecule has 0 saturated carbocycles. The van der Waals surface area contributed by atoms with Gasteiger partial charge >= 0.3 is 5.97 Å². The van der Waals surface area contributed by atoms with Crippen molar-refractivity contribution in [3.63, 3.8) is 0 Å². The first-order chi connectivity index (χ1) is 6.43. The molecule has 0 radical (unpaired) electrons. The molecule has 15 heavy (non-hydrogen) atoms. The standard InChI is InChI=1S/C11H15NO2.ClH/c1-11(2,3)9(10(13)14)8-4-6-12-7-5-8;/h4-7,9H,1-3H3,(H,13,14);1H. The van der Waals surface area contributed by atoms with E-state index in [0.717, 1.165) is 5.56 Å². The SMILES string of the molecule is CC(C)(C)C(C(=O)O)c1ccncc1.Cl. The summed E-state index contributed by atoms with van der Waals surface area (Å²) >= 11 is 0. The number of aliphatic carboxylic acids is 1. The molecule has 0 spiro atoms. The van der Waals surface area contributed by atoms with Gasteiger partial charge in [-0.1, -0.05) is 20.8 Å². The van der Waals surface area contributed by atoms with Crippen LogP contribution in [-0.2, 0) is 4.79 Å². The van der Waals surface area contributed by atoms with E-state index in [9.17, 15) is 4.79 Å². The van der Waals surface area contributed by atoms with Gasteiger partial charge in [0.25, 0.3) is 0 Å². The third kappa shape index (κ3) is 3.51. The Hall–Kier alpha value is -1.09. The molecule has 84 valence electrons. The number of carboxylic acid groups (broad SMARTS) is 1. The second-order valence-electron chi connectivity index (χ2n) is 4.42. The van der Waals surface area contributed by atoms with Crippen molar-refractivity contribution in [2.75, 3.05) is 0 Å². The Bertz CT molecular complexity index is 319. The Morgan fingerprint density at radius 2 is 1.80 bits per heavy atom. The molecule has 0 aromatic carbocycles. The molecule has 1 atom stereocenters. The first-order valence-electron chi connectivity index (χ1n) is 4.55. The first-order valence-corrected chi connectivity index (χ1v) is 4.55. The lowest BCUT2D eigenvalue weighted by Crippen LogP contribution is -2.26. The maximum Gasteiger partial charge on any atom is 0.311 e. The molecule has 1 unspecified atom stereocenters. The summed E-state index contributed by atoms with van der Waals surface area (Å²) in [5.41, 5.74) is 0.521. The van der Waals surface area contributed by atoms with E-state index in [1.807, 2.05) is 20.8 Å². The van der Waals surface area contributed by atoms with E-state index in [2.05, 4.69) is 4.98 Å². The fourth-order valence-electron chi connectivity index (χ4n) is 1.57. The van der Waals surface area contributed by atoms with E-state index < -0.39 is 11.9 Å². The molecule has 0 aliphatic rings. The van der Waals surface area contributed by atoms with Gasteiger partial charge in [0.1, 0.15) is 0 Å². The van der Waals surface area contributed by atoms with Crippen LogP contribution in [-0.4, -0.2) is 16.1 Å². The minimum absolute atomic E-state index is 0. The van der Waals surface area contributed by atoms with Gasteiger partial charge in [0.15, 0.2) is 0 Å². The number of carbonyl (C=O) groups is 1. The molecule has 3 nitrogen and oxygen atoms in total. The van der Waals surface area contributed by atoms with Crippen molar-refractivity contribution < 1.29 is 9.90 Å². The number of aromatic nitrogens is 1. The van der Waals surface area contributed by atoms with Crippen molar-refractivity contribution in [3.8, 4) is 0 Å². The van der Waals surface area contributed by atoms with Crippen LogP contribution in [0.4, 0.5) is 0 Å². The van der Waals surface area contributed by atoms with Crippen molar-refractivity contribution in [3.05, 3.63) is 30.1 Å². The Labute approximate surface area is 95.9 Å². The monoisotopic (exact) mass is 229 g/mol. The third-order valence-corrected chi connectivity index (χ3v) is 2.15. The van der Waals surface area contributed by atoms with Crippen LogP contribution in [0.15, 0.2) is 24.5 Å². The normalized spacial score (nSPS) is 12.7. The van der Waals surface area contributed by atoms with Crippen molar-refractivity contribution in [2.24, 2.45) is 5.41 Å². The minimum Gasteiger partial charge on any atom is -0.481 e. The van der Waals surface area contributed by atoms with Crippen LogP contribution in [0.5, 0.6) is 0 Å². The maximum absolute atomic E-state index is 11.1. The molecule has 1 rings (SSSR count). The molecule has 0 aliphatic carbocycles. The van der Waals surface area contributed by atoms with Crippen molar-refractivity contribution >= 4 is 18.4 Å². The van der Waals surface area contributed by atoms with E-state index in [-0.39, 0.29) is 17.8 Å². The molecule has 0 aliphatic heterocycles. The molecule has 0 fully saturated rings. The lowest BCUT2D eigenvalue weighted by molar-refractivity contribution is -0.141. The molecular weight excluding hydrogens is 214 g/mol. The average Bonchev–Trinajstić information content (AvgIpc) is 2.02. The smallest absolute Gasteiger partial charge is 0.311 e. The molecule has 0 amide bonds. The van der Waals surface area contributed by atoms with Gasteiger partial charge in [0, 0.05) is 12.4 Å². The number of hydrogen-bond acceptors (Lipinski definition) is 2. The van der Waals surface area contributed by atoms with Crippen LogP contribution in [0.1, 0.15) is 32.3 Å². The van der Waals surface area contributed by atoms with E-state index in [0.29, 0.717) is 0 Å². The van der Waals surface area contributed by atoms with Gasteiger partial charge < -0.3 is 5.11 Å². The zero-order chi connectivity index (χ0) is 10.8. The summed E-state index contributed by atoms with van der Waals surface area (Å²) in [6.07, 6.45) is 3.24. The summed E-state index contributed by atoms with van der Waals surface area (Å²) in [6.45, 7) is 5.77. The van der Waals surface area contributed by atoms with Gasteiger partial charge in [-0.25, -0.2) is 0 Å². The zero-order valence-electron chi connectivity index (χ0n) is 9.10. The van der Waals surface area contributed by atoms with Crippen LogP contribution in [0.25, 0.3) is 0 Å². The highest BCUT2D eigenvalue weighted by atomic mass is 35.5. The maximum atomic E-state index is 11.1. The van der Waals surface area contributed by atoms with Gasteiger partial charge in [-0.3, -0.25) is 9.78 Å². The van der Waals surface area contributed by atoms with Gasteiger partial charge in [-0.15, -0.1) is 12.4 Å². The quantitative estimate of drug-likeness (QED) is 0.849. The van der Waals surface area contributed by atoms with Gasteiger partial charge in [-0.2, -0.15) is 0 Å². The predicted octanol–water partition coefficient (Wildman–Crippen LogP) is 2.72. The summed E-state index contributed by atoms with van der Waals surface area (Å²) in [7, 11) is 0. The van der Waals surface area contributed by atoms with E-state index in [1.165, 1.54) is 0 Å². The molecule has 1 aromatic rings. The molecule has 0 saturated heterocycles. The van der Waals surface area contributed by atoms with Gasteiger partial charge in [0.05, 0.1) is 5.92 Å². The second-order valence-corrected chi connectivity index (χ2v) is 4.42. The number of pyridine rings is 1. The fourth-order valence-corrected chi connectivity index (χ4v) is 1.57. The van der Waals surface area contributed by atoms with E-state index in [1.54, 1.807) is 24.5 Å². The van der Waals surface area contributed by atoms with Crippen LogP contribution in [0.3, 0.4) is 0 Å². The lowest BCUT2D eigenvalue weighted by Gasteiger charge is -2.27. The number of nitrogens with zero attached hydrogens (tertiary/aromatic N) is 1. The average molecular weight is 230 g/mol. The zero-order valence-corrected chi connectivity index (χ0v) is 9.91. The fraction of sp³-hybridized carbons (Fsp3) is 0.455. The number of carboxylic acids is 1. The van der Waals surface area contributed by atoms with Gasteiger partial charge in [-0.05, 0) is 23.1 Å². The van der Waals surface area contributed by atoms with Crippen molar-refractivity contribution in [2.45, 2.75) is 26.7 Å². The van der Waals surface area contributed by atoms with E-state index in [4.69, 9.17) is 5.11 Å². The molecule has 4 heteroatoms. The molecule has 1 aromatic heterocycles. The first kappa shape index (κ1) is 13.9. The van der Waals surface area contributed by atoms with Gasteiger partial charge in [0.2, 0.25) is 0 Å². The summed E-state index contributed by atoms with van der Waals surface area (Å²) in [4.78, 5) is 15.0. The summed E-state index contributed by atoms with van der Waals surface area (Å²) in [6, 6.07) is 3.51. The highest BCUT2D eigenvalue weighted by molar-refractivity contribution is 5.85. The highest BCUT2D eigenvalue weighted by Crippen LogP contribution is 2.34. The largest absolute Gasteiger partial charge is 0.481 e.